The van der Waals surface area contributed by atoms with Crippen molar-refractivity contribution in [3.05, 3.63) is 36.0 Å². The summed E-state index contributed by atoms with van der Waals surface area (Å²) in [5, 5.41) is 1.95. The summed E-state index contributed by atoms with van der Waals surface area (Å²) in [6.45, 7) is 7.01. The standard InChI is InChI=1S/C31H40F2N6O5S/c1-29(2,3)44-28(41)39-19-22(20-39)45(42,43)21-4-5-23(24(18-21)37-14-9-30(7-8-30)10-15-37)26(40)36-27-34-13-6-25(35-27)38-16-11-31(32,33)12-17-38/h4-6,13,18,22H,7-12,14-17,19-20H2,1-3H3,(H,34,35,36,40). The van der Waals surface area contributed by atoms with E-state index in [-0.39, 0.29) is 55.4 Å². The Bertz CT molecular complexity index is 1570. The Morgan fingerprint density at radius 3 is 2.22 bits per heavy atom. The van der Waals surface area contributed by atoms with E-state index in [9.17, 15) is 26.8 Å². The number of nitrogens with one attached hydrogen (secondary N) is 1. The number of amides is 2. The number of alkyl halides is 2. The number of carbonyl (C=O) groups excluding carboxylic acids is 2. The maximum Gasteiger partial charge on any atom is 0.410 e. The molecule has 4 heterocycles. The van der Waals surface area contributed by atoms with Gasteiger partial charge in [-0.2, -0.15) is 4.98 Å². The molecule has 6 rings (SSSR count). The smallest absolute Gasteiger partial charge is 0.410 e. The summed E-state index contributed by atoms with van der Waals surface area (Å²) in [6, 6.07) is 6.13. The molecule has 45 heavy (non-hydrogen) atoms. The van der Waals surface area contributed by atoms with Crippen LogP contribution < -0.4 is 15.1 Å². The van der Waals surface area contributed by atoms with Gasteiger partial charge in [-0.05, 0) is 76.1 Å². The van der Waals surface area contributed by atoms with Gasteiger partial charge in [-0.25, -0.2) is 27.0 Å². The molecule has 4 aliphatic rings. The molecule has 2 amide bonds. The molecule has 1 aromatic heterocycles. The number of hydrogen-bond donors (Lipinski definition) is 1. The number of sulfone groups is 1. The van der Waals surface area contributed by atoms with E-state index in [1.165, 1.54) is 36.1 Å². The number of likely N-dealkylation sites (tertiary alicyclic amines) is 1. The summed E-state index contributed by atoms with van der Waals surface area (Å²) in [6.07, 6.45) is 4.72. The van der Waals surface area contributed by atoms with Crippen molar-refractivity contribution in [1.82, 2.24) is 14.9 Å². The molecule has 4 fully saturated rings. The van der Waals surface area contributed by atoms with E-state index in [4.69, 9.17) is 4.74 Å². The predicted octanol–water partition coefficient (Wildman–Crippen LogP) is 4.74. The van der Waals surface area contributed by atoms with Gasteiger partial charge in [0.05, 0.1) is 16.1 Å². The van der Waals surface area contributed by atoms with Crippen LogP contribution in [0.15, 0.2) is 35.4 Å². The number of anilines is 3. The van der Waals surface area contributed by atoms with Gasteiger partial charge in [0, 0.05) is 58.3 Å². The van der Waals surface area contributed by atoms with Gasteiger partial charge in [0.25, 0.3) is 11.8 Å². The first-order chi connectivity index (χ1) is 21.1. The first kappa shape index (κ1) is 31.4. The second-order valence-electron chi connectivity index (χ2n) is 13.8. The molecule has 2 aromatic rings. The number of ether oxygens (including phenoxy) is 1. The van der Waals surface area contributed by atoms with Crippen molar-refractivity contribution in [3.63, 3.8) is 0 Å². The Morgan fingerprint density at radius 2 is 1.60 bits per heavy atom. The Hall–Kier alpha value is -3.55. The fraction of sp³-hybridized carbons (Fsp3) is 0.613. The third kappa shape index (κ3) is 6.85. The molecule has 1 aliphatic carbocycles. The molecule has 11 nitrogen and oxygen atoms in total. The van der Waals surface area contributed by atoms with Crippen molar-refractivity contribution in [2.45, 2.75) is 81.0 Å². The number of carbonyl (C=O) groups is 2. The van der Waals surface area contributed by atoms with Crippen LogP contribution in [0.4, 0.5) is 31.0 Å². The lowest BCUT2D eigenvalue weighted by molar-refractivity contribution is -0.0221. The van der Waals surface area contributed by atoms with Crippen LogP contribution in [-0.2, 0) is 14.6 Å². The second kappa shape index (κ2) is 11.4. The van der Waals surface area contributed by atoms with E-state index in [1.54, 1.807) is 37.8 Å². The summed E-state index contributed by atoms with van der Waals surface area (Å²) in [5.74, 6) is -2.71. The number of piperidine rings is 2. The molecule has 1 saturated carbocycles. The van der Waals surface area contributed by atoms with Crippen molar-refractivity contribution < 1.29 is 31.5 Å². The minimum absolute atomic E-state index is 0.0311. The molecule has 1 N–H and O–H groups in total. The molecule has 0 radical (unpaired) electrons. The van der Waals surface area contributed by atoms with Gasteiger partial charge in [-0.3, -0.25) is 10.1 Å². The van der Waals surface area contributed by atoms with E-state index in [2.05, 4.69) is 20.2 Å². The minimum atomic E-state index is -3.80. The highest BCUT2D eigenvalue weighted by molar-refractivity contribution is 7.92. The van der Waals surface area contributed by atoms with E-state index < -0.39 is 38.6 Å². The van der Waals surface area contributed by atoms with Gasteiger partial charge in [-0.1, -0.05) is 0 Å². The van der Waals surface area contributed by atoms with Crippen LogP contribution in [-0.4, -0.2) is 91.3 Å². The molecule has 1 spiro atoms. The van der Waals surface area contributed by atoms with Crippen molar-refractivity contribution in [1.29, 1.82) is 0 Å². The molecule has 0 bridgehead atoms. The molecule has 3 aliphatic heterocycles. The first-order valence-electron chi connectivity index (χ1n) is 15.5. The normalized spacial score (nSPS) is 21.3. The summed E-state index contributed by atoms with van der Waals surface area (Å²) in [5.41, 5.74) is 0.488. The summed E-state index contributed by atoms with van der Waals surface area (Å²) < 4.78 is 60.0. The number of rotatable bonds is 6. The minimum Gasteiger partial charge on any atom is -0.444 e. The van der Waals surface area contributed by atoms with Crippen molar-refractivity contribution in [2.75, 3.05) is 54.4 Å². The summed E-state index contributed by atoms with van der Waals surface area (Å²) >= 11 is 0. The van der Waals surface area contributed by atoms with Crippen molar-refractivity contribution in [2.24, 2.45) is 5.41 Å². The molecule has 14 heteroatoms. The lowest BCUT2D eigenvalue weighted by Crippen LogP contribution is -2.57. The van der Waals surface area contributed by atoms with Crippen LogP contribution in [0.25, 0.3) is 0 Å². The Labute approximate surface area is 262 Å². The lowest BCUT2D eigenvalue weighted by atomic mass is 9.93. The third-order valence-electron chi connectivity index (χ3n) is 9.29. The zero-order valence-corrected chi connectivity index (χ0v) is 26.7. The first-order valence-corrected chi connectivity index (χ1v) is 17.1. The van der Waals surface area contributed by atoms with Gasteiger partial charge in [0.2, 0.25) is 5.95 Å². The van der Waals surface area contributed by atoms with Gasteiger partial charge in [0.1, 0.15) is 16.7 Å². The van der Waals surface area contributed by atoms with Crippen LogP contribution in [0, 0.1) is 5.41 Å². The second-order valence-corrected chi connectivity index (χ2v) is 16.0. The molecule has 1 aromatic carbocycles. The highest BCUT2D eigenvalue weighted by atomic mass is 32.2. The van der Waals surface area contributed by atoms with Crippen LogP contribution in [0.2, 0.25) is 0 Å². The molecule has 3 saturated heterocycles. The van der Waals surface area contributed by atoms with Crippen LogP contribution in [0.1, 0.15) is 69.7 Å². The molecular weight excluding hydrogens is 606 g/mol. The van der Waals surface area contributed by atoms with Crippen molar-refractivity contribution in [3.8, 4) is 0 Å². The summed E-state index contributed by atoms with van der Waals surface area (Å²) in [7, 11) is -3.80. The number of hydrogen-bond acceptors (Lipinski definition) is 9. The van der Waals surface area contributed by atoms with Crippen LogP contribution in [0.5, 0.6) is 0 Å². The third-order valence-corrected chi connectivity index (χ3v) is 11.4. The quantitative estimate of drug-likeness (QED) is 0.474. The zero-order valence-electron chi connectivity index (χ0n) is 25.9. The van der Waals surface area contributed by atoms with Crippen LogP contribution in [0.3, 0.4) is 0 Å². The Morgan fingerprint density at radius 1 is 0.956 bits per heavy atom. The van der Waals surface area contributed by atoms with Gasteiger partial charge < -0.3 is 19.4 Å². The Balaban J connectivity index is 1.21. The van der Waals surface area contributed by atoms with Crippen LogP contribution >= 0.6 is 0 Å². The fourth-order valence-corrected chi connectivity index (χ4v) is 7.83. The largest absolute Gasteiger partial charge is 0.444 e. The number of benzene rings is 1. The van der Waals surface area contributed by atoms with Gasteiger partial charge >= 0.3 is 6.09 Å². The van der Waals surface area contributed by atoms with Crippen molar-refractivity contribution >= 4 is 39.3 Å². The highest BCUT2D eigenvalue weighted by Crippen LogP contribution is 2.54. The topological polar surface area (TPSA) is 125 Å². The van der Waals surface area contributed by atoms with E-state index >= 15 is 0 Å². The van der Waals surface area contributed by atoms with E-state index in [0.717, 1.165) is 12.8 Å². The van der Waals surface area contributed by atoms with E-state index in [1.807, 2.05) is 0 Å². The molecule has 0 atom stereocenters. The maximum atomic E-state index is 13.7. The lowest BCUT2D eigenvalue weighted by Gasteiger charge is -2.39. The molecular formula is C31H40F2N6O5S. The predicted molar refractivity (Wildman–Crippen MR) is 165 cm³/mol. The monoisotopic (exact) mass is 646 g/mol. The highest BCUT2D eigenvalue weighted by Gasteiger charge is 2.46. The number of nitrogens with zero attached hydrogens (tertiary/aromatic N) is 5. The Kier molecular flexibility index (Phi) is 7.93. The number of aromatic nitrogens is 2. The maximum absolute atomic E-state index is 13.7. The van der Waals surface area contributed by atoms with E-state index in [0.29, 0.717) is 30.0 Å². The average molecular weight is 647 g/mol. The van der Waals surface area contributed by atoms with Gasteiger partial charge in [0.15, 0.2) is 9.84 Å². The molecule has 0 unspecified atom stereocenters. The SMILES string of the molecule is CC(C)(C)OC(=O)N1CC(S(=O)(=O)c2ccc(C(=O)Nc3nccc(N4CCC(F)(F)CC4)n3)c(N3CCC4(CC3)CC4)c2)C1. The van der Waals surface area contributed by atoms with Gasteiger partial charge in [-0.15, -0.1) is 0 Å². The fourth-order valence-electron chi connectivity index (χ4n) is 6.16. The summed E-state index contributed by atoms with van der Waals surface area (Å²) in [4.78, 5) is 39.9. The molecule has 244 valence electrons. The average Bonchev–Trinajstić information content (AvgIpc) is 3.69. The number of halogens is 2. The zero-order chi connectivity index (χ0) is 32.2.